The van der Waals surface area contributed by atoms with E-state index in [0.29, 0.717) is 5.56 Å². The van der Waals surface area contributed by atoms with Gasteiger partial charge < -0.3 is 10.7 Å². The zero-order valence-corrected chi connectivity index (χ0v) is 6.37. The van der Waals surface area contributed by atoms with Crippen LogP contribution in [0, 0.1) is 0 Å². The highest BCUT2D eigenvalue weighted by molar-refractivity contribution is 5.99. The standard InChI is InChI=1S/C9H8N2O/c10-9(12)8-5-11-4-6-2-1-3-7(6)8/h1-5,11H,(H2,10,12). The first-order chi connectivity index (χ1) is 5.79. The molecule has 12 heavy (non-hydrogen) atoms. The molecule has 1 amide bonds. The lowest BCUT2D eigenvalue weighted by Gasteiger charge is -2.02. The Morgan fingerprint density at radius 1 is 1.33 bits per heavy atom. The number of nitrogens with one attached hydrogen (secondary N) is 1. The van der Waals surface area contributed by atoms with Gasteiger partial charge in [0.05, 0.1) is 5.56 Å². The average molecular weight is 160 g/mol. The van der Waals surface area contributed by atoms with Gasteiger partial charge in [-0.3, -0.25) is 4.79 Å². The number of H-pyrrole nitrogens is 1. The van der Waals surface area contributed by atoms with E-state index in [1.807, 2.05) is 24.4 Å². The Morgan fingerprint density at radius 3 is 2.92 bits per heavy atom. The Kier molecular flexibility index (Phi) is 1.37. The molecule has 60 valence electrons. The van der Waals surface area contributed by atoms with Gasteiger partial charge in [0.1, 0.15) is 0 Å². The Hall–Kier alpha value is -1.77. The number of carbonyl (C=O) groups excluding carboxylic acids is 1. The number of pyridine rings is 1. The van der Waals surface area contributed by atoms with Crippen LogP contribution < -0.4 is 5.73 Å². The molecular formula is C9H8N2O. The zero-order valence-electron chi connectivity index (χ0n) is 6.37. The van der Waals surface area contributed by atoms with E-state index in [-0.39, 0.29) is 0 Å². The predicted molar refractivity (Wildman–Crippen MR) is 45.9 cm³/mol. The summed E-state index contributed by atoms with van der Waals surface area (Å²) in [4.78, 5) is 13.8. The number of aromatic amines is 1. The molecule has 3 nitrogen and oxygen atoms in total. The van der Waals surface area contributed by atoms with Crippen LogP contribution in [-0.2, 0) is 0 Å². The van der Waals surface area contributed by atoms with Gasteiger partial charge in [0.25, 0.3) is 5.91 Å². The summed E-state index contributed by atoms with van der Waals surface area (Å²) < 4.78 is 0. The van der Waals surface area contributed by atoms with Crippen LogP contribution in [0.4, 0.5) is 0 Å². The van der Waals surface area contributed by atoms with Crippen LogP contribution in [0.15, 0.2) is 30.6 Å². The molecule has 0 radical (unpaired) electrons. The third kappa shape index (κ3) is 0.871. The zero-order chi connectivity index (χ0) is 8.55. The first-order valence-electron chi connectivity index (χ1n) is 3.64. The molecule has 0 aromatic carbocycles. The molecule has 0 unspecified atom stereocenters. The molecule has 0 bridgehead atoms. The molecule has 0 aromatic heterocycles. The molecule has 2 rings (SSSR count). The third-order valence-electron chi connectivity index (χ3n) is 1.87. The van der Waals surface area contributed by atoms with E-state index >= 15 is 0 Å². The minimum absolute atomic E-state index is 0.400. The summed E-state index contributed by atoms with van der Waals surface area (Å²) >= 11 is 0. The Bertz CT molecular complexity index is 392. The molecule has 3 N–H and O–H groups in total. The smallest absolute Gasteiger partial charge is 0.250 e. The van der Waals surface area contributed by atoms with Gasteiger partial charge in [-0.15, -0.1) is 0 Å². The lowest BCUT2D eigenvalue weighted by Crippen LogP contribution is -2.12. The average Bonchev–Trinajstić information content (AvgIpc) is 2.49. The van der Waals surface area contributed by atoms with Gasteiger partial charge >= 0.3 is 0 Å². The van der Waals surface area contributed by atoms with Crippen molar-refractivity contribution in [3.05, 3.63) is 36.2 Å². The van der Waals surface area contributed by atoms with E-state index in [9.17, 15) is 4.79 Å². The van der Waals surface area contributed by atoms with E-state index < -0.39 is 5.91 Å². The lowest BCUT2D eigenvalue weighted by atomic mass is 10.1. The van der Waals surface area contributed by atoms with Crippen LogP contribution in [0.5, 0.6) is 0 Å². The number of amides is 1. The molecule has 0 fully saturated rings. The van der Waals surface area contributed by atoms with E-state index in [2.05, 4.69) is 4.98 Å². The number of primary amides is 1. The van der Waals surface area contributed by atoms with Crippen molar-refractivity contribution >= 4 is 5.91 Å². The van der Waals surface area contributed by atoms with Crippen LogP contribution in [0.1, 0.15) is 10.4 Å². The van der Waals surface area contributed by atoms with Crippen LogP contribution in [-0.4, -0.2) is 10.9 Å². The number of aromatic nitrogens is 1. The predicted octanol–water partition coefficient (Wildman–Crippen LogP) is 1.22. The van der Waals surface area contributed by atoms with Crippen molar-refractivity contribution < 1.29 is 4.79 Å². The second-order valence-corrected chi connectivity index (χ2v) is 2.63. The van der Waals surface area contributed by atoms with Crippen LogP contribution >= 0.6 is 0 Å². The van der Waals surface area contributed by atoms with Gasteiger partial charge in [-0.2, -0.15) is 0 Å². The number of hydrogen-bond acceptors (Lipinski definition) is 1. The van der Waals surface area contributed by atoms with Crippen LogP contribution in [0.3, 0.4) is 0 Å². The normalized spacial score (nSPS) is 10.3. The first-order valence-corrected chi connectivity index (χ1v) is 3.64. The van der Waals surface area contributed by atoms with E-state index in [1.165, 1.54) is 0 Å². The summed E-state index contributed by atoms with van der Waals surface area (Å²) in [6.07, 6.45) is 3.45. The van der Waals surface area contributed by atoms with Crippen molar-refractivity contribution in [2.45, 2.75) is 0 Å². The molecule has 1 heterocycles. The van der Waals surface area contributed by atoms with E-state index in [4.69, 9.17) is 5.73 Å². The molecule has 0 saturated heterocycles. The summed E-state index contributed by atoms with van der Waals surface area (Å²) in [5.41, 5.74) is 7.63. The molecule has 2 aliphatic rings. The lowest BCUT2D eigenvalue weighted by molar-refractivity contribution is 0.100. The second kappa shape index (κ2) is 2.37. The van der Waals surface area contributed by atoms with Crippen molar-refractivity contribution in [2.24, 2.45) is 5.73 Å². The van der Waals surface area contributed by atoms with Gasteiger partial charge in [0, 0.05) is 12.4 Å². The molecule has 0 saturated carbocycles. The van der Waals surface area contributed by atoms with Crippen molar-refractivity contribution in [2.75, 3.05) is 0 Å². The second-order valence-electron chi connectivity index (χ2n) is 2.63. The maximum Gasteiger partial charge on any atom is 0.250 e. The molecule has 0 spiro atoms. The fourth-order valence-corrected chi connectivity index (χ4v) is 1.30. The van der Waals surface area contributed by atoms with Gasteiger partial charge in [-0.25, -0.2) is 0 Å². The Morgan fingerprint density at radius 2 is 2.17 bits per heavy atom. The minimum atomic E-state index is -0.400. The fraction of sp³-hybridized carbons (Fsp3) is 0. The van der Waals surface area contributed by atoms with Crippen molar-refractivity contribution in [3.63, 3.8) is 0 Å². The molecule has 0 aromatic rings. The highest BCUT2D eigenvalue weighted by atomic mass is 16.1. The summed E-state index contributed by atoms with van der Waals surface area (Å²) in [7, 11) is 0. The van der Waals surface area contributed by atoms with Crippen molar-refractivity contribution in [1.29, 1.82) is 0 Å². The highest BCUT2D eigenvalue weighted by Gasteiger charge is 2.10. The monoisotopic (exact) mass is 160 g/mol. The number of fused-ring (bicyclic) bond motifs is 1. The number of rotatable bonds is 1. The Labute approximate surface area is 69.5 Å². The summed E-state index contributed by atoms with van der Waals surface area (Å²) in [5, 5.41) is 0. The van der Waals surface area contributed by atoms with E-state index in [0.717, 1.165) is 11.1 Å². The largest absolute Gasteiger partial charge is 0.366 e. The number of nitrogens with two attached hydrogens (primary N) is 1. The third-order valence-corrected chi connectivity index (χ3v) is 1.87. The maximum absolute atomic E-state index is 10.9. The minimum Gasteiger partial charge on any atom is -0.366 e. The van der Waals surface area contributed by atoms with Crippen molar-refractivity contribution in [3.8, 4) is 11.1 Å². The topological polar surface area (TPSA) is 58.9 Å². The van der Waals surface area contributed by atoms with Crippen LogP contribution in [0.25, 0.3) is 11.1 Å². The summed E-state index contributed by atoms with van der Waals surface area (Å²) in [6.45, 7) is 0. The fourth-order valence-electron chi connectivity index (χ4n) is 1.30. The van der Waals surface area contributed by atoms with Gasteiger partial charge in [0.2, 0.25) is 0 Å². The molecule has 1 aliphatic carbocycles. The SMILES string of the molecule is NC(=O)c1c[nH]cc2cccc1-2. The summed E-state index contributed by atoms with van der Waals surface area (Å²) in [6, 6.07) is 5.70. The quantitative estimate of drug-likeness (QED) is 0.647. The summed E-state index contributed by atoms with van der Waals surface area (Å²) in [5.74, 6) is -0.400. The molecular weight excluding hydrogens is 152 g/mol. The highest BCUT2D eigenvalue weighted by Crippen LogP contribution is 2.24. The van der Waals surface area contributed by atoms with E-state index in [1.54, 1.807) is 6.20 Å². The maximum atomic E-state index is 10.9. The Balaban J connectivity index is 2.71. The van der Waals surface area contributed by atoms with Gasteiger partial charge in [0.15, 0.2) is 0 Å². The van der Waals surface area contributed by atoms with Gasteiger partial charge in [-0.1, -0.05) is 18.2 Å². The van der Waals surface area contributed by atoms with Crippen LogP contribution in [0.2, 0.25) is 0 Å². The number of hydrogen-bond donors (Lipinski definition) is 2. The molecule has 0 atom stereocenters. The van der Waals surface area contributed by atoms with Crippen molar-refractivity contribution in [1.82, 2.24) is 4.98 Å². The van der Waals surface area contributed by atoms with Gasteiger partial charge in [-0.05, 0) is 11.1 Å². The first kappa shape index (κ1) is 6.91. The molecule has 1 aliphatic heterocycles. The molecule has 3 heteroatoms. The number of carbonyl (C=O) groups is 1.